The van der Waals surface area contributed by atoms with Crippen molar-refractivity contribution in [2.75, 3.05) is 54.6 Å². The SMILES string of the molecule is CN=C(NCCN(C)CCCOC)NCc1cccnc1OC. The summed E-state index contributed by atoms with van der Waals surface area (Å²) in [5.41, 5.74) is 0.995. The lowest BCUT2D eigenvalue weighted by molar-refractivity contribution is 0.180. The van der Waals surface area contributed by atoms with E-state index in [2.05, 4.69) is 32.6 Å². The molecule has 1 rings (SSSR count). The lowest BCUT2D eigenvalue weighted by Crippen LogP contribution is -2.40. The number of pyridine rings is 1. The van der Waals surface area contributed by atoms with Crippen LogP contribution >= 0.6 is 0 Å². The molecular formula is C16H29N5O2. The van der Waals surface area contributed by atoms with Gasteiger partial charge in [0.1, 0.15) is 0 Å². The molecule has 0 bridgehead atoms. The Morgan fingerprint density at radius 1 is 1.30 bits per heavy atom. The van der Waals surface area contributed by atoms with Crippen molar-refractivity contribution >= 4 is 5.96 Å². The second-order valence-corrected chi connectivity index (χ2v) is 5.17. The van der Waals surface area contributed by atoms with Crippen LogP contribution in [0.25, 0.3) is 0 Å². The molecule has 0 radical (unpaired) electrons. The van der Waals surface area contributed by atoms with E-state index in [0.29, 0.717) is 12.4 Å². The molecule has 1 aromatic heterocycles. The Balaban J connectivity index is 2.29. The van der Waals surface area contributed by atoms with Crippen LogP contribution in [0.1, 0.15) is 12.0 Å². The summed E-state index contributed by atoms with van der Waals surface area (Å²) in [6, 6.07) is 3.88. The molecule has 0 aliphatic carbocycles. The molecule has 1 aromatic rings. The zero-order chi connectivity index (χ0) is 16.9. The number of hydrogen-bond acceptors (Lipinski definition) is 5. The van der Waals surface area contributed by atoms with Crippen molar-refractivity contribution in [2.24, 2.45) is 4.99 Å². The Hall–Kier alpha value is -1.86. The van der Waals surface area contributed by atoms with Crippen molar-refractivity contribution in [3.05, 3.63) is 23.9 Å². The summed E-state index contributed by atoms with van der Waals surface area (Å²) < 4.78 is 10.3. The largest absolute Gasteiger partial charge is 0.481 e. The third-order valence-electron chi connectivity index (χ3n) is 3.39. The first-order valence-electron chi connectivity index (χ1n) is 7.81. The Bertz CT molecular complexity index is 468. The topological polar surface area (TPSA) is 71.0 Å². The number of likely N-dealkylation sites (N-methyl/N-ethyl adjacent to an activating group) is 1. The Morgan fingerprint density at radius 3 is 2.83 bits per heavy atom. The van der Waals surface area contributed by atoms with Crippen LogP contribution in [0.2, 0.25) is 0 Å². The van der Waals surface area contributed by atoms with Gasteiger partial charge in [-0.15, -0.1) is 0 Å². The minimum absolute atomic E-state index is 0.611. The van der Waals surface area contributed by atoms with Crippen LogP contribution in [-0.4, -0.2) is 70.4 Å². The van der Waals surface area contributed by atoms with E-state index < -0.39 is 0 Å². The van der Waals surface area contributed by atoms with Crippen molar-refractivity contribution in [3.8, 4) is 5.88 Å². The average Bonchev–Trinajstić information content (AvgIpc) is 2.58. The van der Waals surface area contributed by atoms with E-state index >= 15 is 0 Å². The molecule has 0 aromatic carbocycles. The van der Waals surface area contributed by atoms with Crippen molar-refractivity contribution in [1.29, 1.82) is 0 Å². The second kappa shape index (κ2) is 11.7. The van der Waals surface area contributed by atoms with Crippen molar-refractivity contribution in [3.63, 3.8) is 0 Å². The Kier molecular flexibility index (Phi) is 9.74. The second-order valence-electron chi connectivity index (χ2n) is 5.17. The number of ether oxygens (including phenoxy) is 2. The van der Waals surface area contributed by atoms with Gasteiger partial charge in [-0.1, -0.05) is 6.07 Å². The highest BCUT2D eigenvalue weighted by atomic mass is 16.5. The number of hydrogen-bond donors (Lipinski definition) is 2. The van der Waals surface area contributed by atoms with E-state index in [0.717, 1.165) is 44.2 Å². The van der Waals surface area contributed by atoms with E-state index in [4.69, 9.17) is 9.47 Å². The Morgan fingerprint density at radius 2 is 2.13 bits per heavy atom. The van der Waals surface area contributed by atoms with Crippen LogP contribution in [0.4, 0.5) is 0 Å². The molecule has 0 amide bonds. The van der Waals surface area contributed by atoms with Gasteiger partial charge in [0, 0.05) is 58.7 Å². The minimum Gasteiger partial charge on any atom is -0.481 e. The number of nitrogens with zero attached hydrogens (tertiary/aromatic N) is 3. The molecule has 1 heterocycles. The molecule has 0 unspecified atom stereocenters. The van der Waals surface area contributed by atoms with Crippen molar-refractivity contribution in [1.82, 2.24) is 20.5 Å². The van der Waals surface area contributed by atoms with Crippen LogP contribution in [0.5, 0.6) is 5.88 Å². The van der Waals surface area contributed by atoms with Gasteiger partial charge in [0.05, 0.1) is 7.11 Å². The smallest absolute Gasteiger partial charge is 0.218 e. The third-order valence-corrected chi connectivity index (χ3v) is 3.39. The van der Waals surface area contributed by atoms with Gasteiger partial charge in [-0.2, -0.15) is 0 Å². The maximum Gasteiger partial charge on any atom is 0.218 e. The highest BCUT2D eigenvalue weighted by molar-refractivity contribution is 5.79. The summed E-state index contributed by atoms with van der Waals surface area (Å²) in [5.74, 6) is 1.40. The van der Waals surface area contributed by atoms with Crippen molar-refractivity contribution in [2.45, 2.75) is 13.0 Å². The molecule has 0 aliphatic heterocycles. The van der Waals surface area contributed by atoms with Gasteiger partial charge < -0.3 is 25.0 Å². The summed E-state index contributed by atoms with van der Waals surface area (Å²) >= 11 is 0. The predicted molar refractivity (Wildman–Crippen MR) is 93.0 cm³/mol. The van der Waals surface area contributed by atoms with Gasteiger partial charge in [-0.3, -0.25) is 4.99 Å². The summed E-state index contributed by atoms with van der Waals surface area (Å²) in [6.45, 7) is 4.21. The first-order chi connectivity index (χ1) is 11.2. The zero-order valence-corrected chi connectivity index (χ0v) is 14.6. The fraction of sp³-hybridized carbons (Fsp3) is 0.625. The molecule has 130 valence electrons. The number of rotatable bonds is 10. The Labute approximate surface area is 139 Å². The maximum atomic E-state index is 5.24. The number of guanidine groups is 1. The zero-order valence-electron chi connectivity index (χ0n) is 14.6. The number of aliphatic imine (C=N–C) groups is 1. The predicted octanol–water partition coefficient (Wildman–Crippen LogP) is 0.724. The summed E-state index contributed by atoms with van der Waals surface area (Å²) in [4.78, 5) is 10.7. The molecule has 0 fully saturated rings. The van der Waals surface area contributed by atoms with Gasteiger partial charge in [0.15, 0.2) is 5.96 Å². The van der Waals surface area contributed by atoms with Gasteiger partial charge in [-0.25, -0.2) is 4.98 Å². The van der Waals surface area contributed by atoms with Gasteiger partial charge in [0.25, 0.3) is 0 Å². The lowest BCUT2D eigenvalue weighted by Gasteiger charge is -2.18. The molecule has 0 aliphatic rings. The minimum atomic E-state index is 0.611. The summed E-state index contributed by atoms with van der Waals surface area (Å²) in [7, 11) is 7.22. The van der Waals surface area contributed by atoms with Crippen molar-refractivity contribution < 1.29 is 9.47 Å². The number of methoxy groups -OCH3 is 2. The van der Waals surface area contributed by atoms with Gasteiger partial charge >= 0.3 is 0 Å². The fourth-order valence-electron chi connectivity index (χ4n) is 2.10. The summed E-state index contributed by atoms with van der Waals surface area (Å²) in [5, 5.41) is 6.57. The van der Waals surface area contributed by atoms with Crippen LogP contribution in [-0.2, 0) is 11.3 Å². The molecular weight excluding hydrogens is 294 g/mol. The van der Waals surface area contributed by atoms with Gasteiger partial charge in [-0.05, 0) is 19.5 Å². The van der Waals surface area contributed by atoms with Gasteiger partial charge in [0.2, 0.25) is 5.88 Å². The summed E-state index contributed by atoms with van der Waals surface area (Å²) in [6.07, 6.45) is 2.76. The molecule has 0 saturated carbocycles. The molecule has 0 saturated heterocycles. The molecule has 0 spiro atoms. The quantitative estimate of drug-likeness (QED) is 0.376. The first kappa shape index (κ1) is 19.2. The van der Waals surface area contributed by atoms with E-state index in [9.17, 15) is 0 Å². The molecule has 2 N–H and O–H groups in total. The molecule has 0 atom stereocenters. The van der Waals surface area contributed by atoms with Crippen LogP contribution in [0, 0.1) is 0 Å². The molecule has 7 heteroatoms. The molecule has 23 heavy (non-hydrogen) atoms. The van der Waals surface area contributed by atoms with E-state index in [1.165, 1.54) is 0 Å². The third kappa shape index (κ3) is 7.80. The average molecular weight is 323 g/mol. The van der Waals surface area contributed by atoms with Crippen LogP contribution in [0.15, 0.2) is 23.3 Å². The highest BCUT2D eigenvalue weighted by Gasteiger charge is 2.05. The normalized spacial score (nSPS) is 11.6. The first-order valence-corrected chi connectivity index (χ1v) is 7.81. The monoisotopic (exact) mass is 323 g/mol. The maximum absolute atomic E-state index is 5.24. The highest BCUT2D eigenvalue weighted by Crippen LogP contribution is 2.12. The van der Waals surface area contributed by atoms with Crippen LogP contribution in [0.3, 0.4) is 0 Å². The lowest BCUT2D eigenvalue weighted by atomic mass is 10.2. The number of nitrogens with one attached hydrogen (secondary N) is 2. The van der Waals surface area contributed by atoms with E-state index in [1.54, 1.807) is 27.5 Å². The fourth-order valence-corrected chi connectivity index (χ4v) is 2.10. The standard InChI is InChI=1S/C16H29N5O2/c1-17-16(19-9-11-21(2)10-6-12-22-3)20-13-14-7-5-8-18-15(14)23-4/h5,7-8H,6,9-13H2,1-4H3,(H2,17,19,20). The van der Waals surface area contributed by atoms with E-state index in [-0.39, 0.29) is 0 Å². The number of aromatic nitrogens is 1. The van der Waals surface area contributed by atoms with Crippen LogP contribution < -0.4 is 15.4 Å². The molecule has 7 nitrogen and oxygen atoms in total. The van der Waals surface area contributed by atoms with E-state index in [1.807, 2.05) is 12.1 Å².